The SMILES string of the molecule is C#CCCC#CNc1cc[c]cc1. The molecule has 0 aromatic heterocycles. The second kappa shape index (κ2) is 5.75. The molecule has 1 N–H and O–H groups in total. The Morgan fingerprint density at radius 3 is 2.77 bits per heavy atom. The summed E-state index contributed by atoms with van der Waals surface area (Å²) in [4.78, 5) is 0. The van der Waals surface area contributed by atoms with Crippen LogP contribution in [-0.4, -0.2) is 0 Å². The van der Waals surface area contributed by atoms with E-state index in [0.717, 1.165) is 12.1 Å². The highest BCUT2D eigenvalue weighted by Gasteiger charge is 1.82. The highest BCUT2D eigenvalue weighted by molar-refractivity contribution is 5.46. The van der Waals surface area contributed by atoms with Crippen LogP contribution >= 0.6 is 0 Å². The Balaban J connectivity index is 2.34. The first kappa shape index (κ1) is 9.23. The maximum absolute atomic E-state index is 5.08. The molecule has 0 saturated carbocycles. The van der Waals surface area contributed by atoms with Crippen LogP contribution in [-0.2, 0) is 0 Å². The van der Waals surface area contributed by atoms with Crippen molar-refractivity contribution in [2.75, 3.05) is 5.32 Å². The number of terminal acetylenes is 1. The van der Waals surface area contributed by atoms with Crippen molar-refractivity contribution in [2.45, 2.75) is 12.8 Å². The maximum atomic E-state index is 5.08. The van der Waals surface area contributed by atoms with Crippen molar-refractivity contribution < 1.29 is 0 Å². The monoisotopic (exact) mass is 168 g/mol. The van der Waals surface area contributed by atoms with Gasteiger partial charge in [-0.25, -0.2) is 0 Å². The minimum Gasteiger partial charge on any atom is -0.315 e. The Hall–Kier alpha value is -1.86. The average molecular weight is 168 g/mol. The van der Waals surface area contributed by atoms with E-state index in [-0.39, 0.29) is 0 Å². The predicted molar refractivity (Wildman–Crippen MR) is 54.7 cm³/mol. The standard InChI is InChI=1S/C12H10N/c1-2-3-4-8-11-13-12-9-6-5-7-10-12/h1,6-7,9-10,13H,3-4H2. The van der Waals surface area contributed by atoms with Gasteiger partial charge in [0.15, 0.2) is 0 Å². The van der Waals surface area contributed by atoms with E-state index in [0.29, 0.717) is 6.42 Å². The van der Waals surface area contributed by atoms with E-state index >= 15 is 0 Å². The first-order valence-electron chi connectivity index (χ1n) is 4.07. The minimum atomic E-state index is 0.706. The molecule has 0 heterocycles. The Morgan fingerprint density at radius 1 is 1.31 bits per heavy atom. The van der Waals surface area contributed by atoms with Crippen molar-refractivity contribution in [1.82, 2.24) is 0 Å². The van der Waals surface area contributed by atoms with E-state index in [4.69, 9.17) is 6.42 Å². The first-order valence-corrected chi connectivity index (χ1v) is 4.07. The second-order valence-corrected chi connectivity index (χ2v) is 2.42. The van der Waals surface area contributed by atoms with Gasteiger partial charge in [-0.3, -0.25) is 0 Å². The highest BCUT2D eigenvalue weighted by Crippen LogP contribution is 2.02. The molecule has 0 amide bonds. The van der Waals surface area contributed by atoms with Crippen LogP contribution in [0.15, 0.2) is 24.3 Å². The van der Waals surface area contributed by atoms with Crippen molar-refractivity contribution >= 4 is 5.69 Å². The third-order valence-corrected chi connectivity index (χ3v) is 1.41. The van der Waals surface area contributed by atoms with Crippen molar-refractivity contribution in [3.8, 4) is 24.3 Å². The third kappa shape index (κ3) is 3.89. The quantitative estimate of drug-likeness (QED) is 0.406. The van der Waals surface area contributed by atoms with Gasteiger partial charge in [0.25, 0.3) is 0 Å². The number of benzene rings is 1. The summed E-state index contributed by atoms with van der Waals surface area (Å²) < 4.78 is 0. The molecule has 1 radical (unpaired) electrons. The van der Waals surface area contributed by atoms with E-state index in [1.165, 1.54) is 0 Å². The maximum Gasteiger partial charge on any atom is 0.0459 e. The van der Waals surface area contributed by atoms with E-state index in [1.807, 2.05) is 24.3 Å². The summed E-state index contributed by atoms with van der Waals surface area (Å²) in [6.07, 6.45) is 6.52. The summed E-state index contributed by atoms with van der Waals surface area (Å²) in [6, 6.07) is 13.3. The molecule has 63 valence electrons. The topological polar surface area (TPSA) is 12.0 Å². The van der Waals surface area contributed by atoms with Gasteiger partial charge in [0.2, 0.25) is 0 Å². The van der Waals surface area contributed by atoms with Gasteiger partial charge in [0.05, 0.1) is 0 Å². The molecule has 1 rings (SSSR count). The van der Waals surface area contributed by atoms with Crippen LogP contribution in [0.2, 0.25) is 0 Å². The van der Waals surface area contributed by atoms with E-state index in [1.54, 1.807) is 0 Å². The van der Waals surface area contributed by atoms with Crippen LogP contribution < -0.4 is 5.32 Å². The summed E-state index contributed by atoms with van der Waals surface area (Å²) in [5, 5.41) is 2.95. The smallest absolute Gasteiger partial charge is 0.0459 e. The molecular weight excluding hydrogens is 158 g/mol. The number of hydrogen-bond acceptors (Lipinski definition) is 1. The van der Waals surface area contributed by atoms with Crippen molar-refractivity contribution in [2.24, 2.45) is 0 Å². The number of anilines is 1. The molecule has 0 saturated heterocycles. The molecule has 1 aromatic carbocycles. The molecule has 1 aromatic rings. The zero-order valence-corrected chi connectivity index (χ0v) is 7.30. The summed E-state index contributed by atoms with van der Waals surface area (Å²) >= 11 is 0. The van der Waals surface area contributed by atoms with Gasteiger partial charge in [0, 0.05) is 24.6 Å². The van der Waals surface area contributed by atoms with E-state index in [9.17, 15) is 0 Å². The van der Waals surface area contributed by atoms with Gasteiger partial charge in [-0.15, -0.1) is 12.3 Å². The van der Waals surface area contributed by atoms with Crippen LogP contribution in [0.1, 0.15) is 12.8 Å². The fourth-order valence-electron chi connectivity index (χ4n) is 0.784. The number of rotatable bonds is 2. The zero-order chi connectivity index (χ0) is 9.36. The molecule has 0 fully saturated rings. The van der Waals surface area contributed by atoms with Crippen LogP contribution in [0, 0.1) is 30.4 Å². The lowest BCUT2D eigenvalue weighted by Gasteiger charge is -1.94. The summed E-state index contributed by atoms with van der Waals surface area (Å²) in [5.41, 5.74) is 0.979. The lowest BCUT2D eigenvalue weighted by molar-refractivity contribution is 1.12. The molecule has 0 unspecified atom stereocenters. The largest absolute Gasteiger partial charge is 0.315 e. The van der Waals surface area contributed by atoms with Gasteiger partial charge in [0.1, 0.15) is 0 Å². The van der Waals surface area contributed by atoms with Gasteiger partial charge in [-0.2, -0.15) is 0 Å². The molecule has 0 bridgehead atoms. The van der Waals surface area contributed by atoms with Crippen LogP contribution in [0.25, 0.3) is 0 Å². The normalized spacial score (nSPS) is 7.92. The zero-order valence-electron chi connectivity index (χ0n) is 7.30. The van der Waals surface area contributed by atoms with Gasteiger partial charge in [-0.1, -0.05) is 18.1 Å². The average Bonchev–Trinajstić information content (AvgIpc) is 2.19. The molecule has 0 aliphatic carbocycles. The third-order valence-electron chi connectivity index (χ3n) is 1.41. The lowest BCUT2D eigenvalue weighted by atomic mass is 10.3. The lowest BCUT2D eigenvalue weighted by Crippen LogP contribution is -1.86. The van der Waals surface area contributed by atoms with Crippen LogP contribution in [0.4, 0.5) is 5.69 Å². The Bertz CT molecular complexity index is 335. The van der Waals surface area contributed by atoms with E-state index in [2.05, 4.69) is 29.3 Å². The molecule has 0 aliphatic rings. The summed E-state index contributed by atoms with van der Waals surface area (Å²) in [6.45, 7) is 0. The number of nitrogens with one attached hydrogen (secondary N) is 1. The molecule has 0 atom stereocenters. The first-order chi connectivity index (χ1) is 6.43. The number of unbranched alkanes of at least 4 members (excludes halogenated alkanes) is 1. The fraction of sp³-hybridized carbons (Fsp3) is 0.167. The molecule has 1 nitrogen and oxygen atoms in total. The fourth-order valence-corrected chi connectivity index (χ4v) is 0.784. The second-order valence-electron chi connectivity index (χ2n) is 2.42. The molecule has 0 spiro atoms. The molecule has 0 aliphatic heterocycles. The van der Waals surface area contributed by atoms with Crippen molar-refractivity contribution in [1.29, 1.82) is 0 Å². The highest BCUT2D eigenvalue weighted by atomic mass is 14.8. The van der Waals surface area contributed by atoms with Crippen molar-refractivity contribution in [3.63, 3.8) is 0 Å². The van der Waals surface area contributed by atoms with Crippen LogP contribution in [0.3, 0.4) is 0 Å². The predicted octanol–water partition coefficient (Wildman–Crippen LogP) is 2.27. The van der Waals surface area contributed by atoms with Gasteiger partial charge >= 0.3 is 0 Å². The Labute approximate surface area is 79.2 Å². The number of hydrogen-bond donors (Lipinski definition) is 1. The Kier molecular flexibility index (Phi) is 4.08. The summed E-state index contributed by atoms with van der Waals surface area (Å²) in [5.74, 6) is 5.45. The Morgan fingerprint density at radius 2 is 2.08 bits per heavy atom. The van der Waals surface area contributed by atoms with Gasteiger partial charge in [-0.05, 0) is 18.2 Å². The van der Waals surface area contributed by atoms with E-state index < -0.39 is 0 Å². The summed E-state index contributed by atoms with van der Waals surface area (Å²) in [7, 11) is 0. The van der Waals surface area contributed by atoms with Crippen molar-refractivity contribution in [3.05, 3.63) is 30.3 Å². The molecular formula is C12H10N. The molecule has 1 heteroatoms. The van der Waals surface area contributed by atoms with Crippen LogP contribution in [0.5, 0.6) is 0 Å². The minimum absolute atomic E-state index is 0.706. The molecule has 13 heavy (non-hydrogen) atoms. The van der Waals surface area contributed by atoms with Gasteiger partial charge < -0.3 is 5.32 Å².